The van der Waals surface area contributed by atoms with E-state index in [1.54, 1.807) is 24.6 Å². The number of piperidine rings is 1. The summed E-state index contributed by atoms with van der Waals surface area (Å²) in [6, 6.07) is 8.55. The first-order valence-electron chi connectivity index (χ1n) is 9.51. The first kappa shape index (κ1) is 18.3. The van der Waals surface area contributed by atoms with Crippen LogP contribution in [-0.2, 0) is 11.3 Å². The summed E-state index contributed by atoms with van der Waals surface area (Å²) < 4.78 is 5.32. The zero-order valence-corrected chi connectivity index (χ0v) is 16.4. The molecule has 27 heavy (non-hydrogen) atoms. The Morgan fingerprint density at radius 3 is 2.85 bits per heavy atom. The van der Waals surface area contributed by atoms with E-state index in [4.69, 9.17) is 4.74 Å². The van der Waals surface area contributed by atoms with Gasteiger partial charge < -0.3 is 15.4 Å². The number of amides is 1. The average molecular weight is 387 g/mol. The number of hydrogen-bond donors (Lipinski definition) is 2. The van der Waals surface area contributed by atoms with Gasteiger partial charge in [-0.3, -0.25) is 9.69 Å². The van der Waals surface area contributed by atoms with E-state index in [-0.39, 0.29) is 5.91 Å². The van der Waals surface area contributed by atoms with Crippen LogP contribution < -0.4 is 15.4 Å². The van der Waals surface area contributed by atoms with Gasteiger partial charge in [-0.05, 0) is 43.4 Å². The van der Waals surface area contributed by atoms with E-state index in [0.29, 0.717) is 6.04 Å². The number of methoxy groups -OCH3 is 1. The maximum Gasteiger partial charge on any atom is 0.246 e. The van der Waals surface area contributed by atoms with E-state index in [9.17, 15) is 4.79 Å². The first-order valence-corrected chi connectivity index (χ1v) is 10.4. The fourth-order valence-electron chi connectivity index (χ4n) is 3.57. The normalized spacial score (nSPS) is 19.4. The van der Waals surface area contributed by atoms with Crippen molar-refractivity contribution in [3.8, 4) is 5.75 Å². The molecule has 1 saturated heterocycles. The van der Waals surface area contributed by atoms with Crippen molar-refractivity contribution < 1.29 is 9.53 Å². The number of nitrogens with zero attached hydrogens (tertiary/aromatic N) is 2. The molecule has 2 aromatic rings. The molecule has 0 atom stereocenters. The van der Waals surface area contributed by atoms with Crippen LogP contribution in [0.15, 0.2) is 35.8 Å². The Morgan fingerprint density at radius 1 is 1.37 bits per heavy atom. The number of ether oxygens (including phenoxy) is 1. The average Bonchev–Trinajstić information content (AvgIpc) is 3.36. The maximum absolute atomic E-state index is 13.0. The molecule has 1 aliphatic heterocycles. The van der Waals surface area contributed by atoms with Crippen molar-refractivity contribution in [2.75, 3.05) is 25.5 Å². The second-order valence-corrected chi connectivity index (χ2v) is 8.31. The smallest absolute Gasteiger partial charge is 0.246 e. The Hall–Kier alpha value is -2.12. The molecular weight excluding hydrogens is 360 g/mol. The highest BCUT2D eigenvalue weighted by molar-refractivity contribution is 7.13. The van der Waals surface area contributed by atoms with Gasteiger partial charge in [0.15, 0.2) is 5.13 Å². The zero-order chi connectivity index (χ0) is 18.7. The van der Waals surface area contributed by atoms with Crippen molar-refractivity contribution in [3.63, 3.8) is 0 Å². The number of thiazole rings is 1. The Balaban J connectivity index is 1.42. The van der Waals surface area contributed by atoms with E-state index >= 15 is 0 Å². The van der Waals surface area contributed by atoms with Crippen LogP contribution in [0.3, 0.4) is 0 Å². The number of nitrogens with one attached hydrogen (secondary N) is 2. The third kappa shape index (κ3) is 4.42. The van der Waals surface area contributed by atoms with Gasteiger partial charge >= 0.3 is 0 Å². The minimum atomic E-state index is -0.564. The van der Waals surface area contributed by atoms with Crippen molar-refractivity contribution in [2.24, 2.45) is 0 Å². The summed E-state index contributed by atoms with van der Waals surface area (Å²) in [5.74, 6) is 1.01. The van der Waals surface area contributed by atoms with Gasteiger partial charge in [-0.2, -0.15) is 0 Å². The van der Waals surface area contributed by atoms with Crippen LogP contribution in [0.2, 0.25) is 0 Å². The summed E-state index contributed by atoms with van der Waals surface area (Å²) in [7, 11) is 1.69. The molecule has 1 aliphatic carbocycles. The van der Waals surface area contributed by atoms with Crippen LogP contribution in [-0.4, -0.2) is 47.6 Å². The molecule has 2 heterocycles. The molecule has 0 spiro atoms. The van der Waals surface area contributed by atoms with Crippen LogP contribution in [0.25, 0.3) is 0 Å². The molecule has 1 amide bonds. The van der Waals surface area contributed by atoms with E-state index < -0.39 is 5.54 Å². The summed E-state index contributed by atoms with van der Waals surface area (Å²) in [6.07, 6.45) is 5.52. The number of anilines is 1. The Morgan fingerprint density at radius 2 is 2.19 bits per heavy atom. The van der Waals surface area contributed by atoms with Crippen molar-refractivity contribution in [1.82, 2.24) is 15.2 Å². The predicted molar refractivity (Wildman–Crippen MR) is 107 cm³/mol. The summed E-state index contributed by atoms with van der Waals surface area (Å²) in [4.78, 5) is 19.8. The highest BCUT2D eigenvalue weighted by Gasteiger charge is 2.43. The lowest BCUT2D eigenvalue weighted by molar-refractivity contribution is -0.127. The van der Waals surface area contributed by atoms with Crippen LogP contribution >= 0.6 is 11.3 Å². The lowest BCUT2D eigenvalue weighted by Crippen LogP contribution is -2.58. The maximum atomic E-state index is 13.0. The van der Waals surface area contributed by atoms with Gasteiger partial charge in [-0.25, -0.2) is 4.98 Å². The number of carbonyl (C=O) groups is 1. The second kappa shape index (κ2) is 7.86. The molecule has 144 valence electrons. The first-order chi connectivity index (χ1) is 13.2. The quantitative estimate of drug-likeness (QED) is 0.766. The fourth-order valence-corrected chi connectivity index (χ4v) is 4.20. The molecule has 2 N–H and O–H groups in total. The van der Waals surface area contributed by atoms with Crippen molar-refractivity contribution in [2.45, 2.75) is 43.8 Å². The minimum absolute atomic E-state index is 0.126. The van der Waals surface area contributed by atoms with Gasteiger partial charge in [0, 0.05) is 37.3 Å². The van der Waals surface area contributed by atoms with Gasteiger partial charge in [0.2, 0.25) is 5.91 Å². The number of carbonyl (C=O) groups excluding carboxylic acids is 1. The fraction of sp³-hybridized carbons (Fsp3) is 0.500. The highest BCUT2D eigenvalue weighted by Crippen LogP contribution is 2.31. The van der Waals surface area contributed by atoms with Crippen molar-refractivity contribution in [1.29, 1.82) is 0 Å². The third-order valence-corrected chi connectivity index (χ3v) is 6.06. The van der Waals surface area contributed by atoms with Crippen molar-refractivity contribution >= 4 is 22.4 Å². The zero-order valence-electron chi connectivity index (χ0n) is 15.6. The predicted octanol–water partition coefficient (Wildman–Crippen LogP) is 2.88. The van der Waals surface area contributed by atoms with Gasteiger partial charge in [-0.1, -0.05) is 12.1 Å². The van der Waals surface area contributed by atoms with Crippen molar-refractivity contribution in [3.05, 3.63) is 41.4 Å². The van der Waals surface area contributed by atoms with Gasteiger partial charge in [0.25, 0.3) is 0 Å². The summed E-state index contributed by atoms with van der Waals surface area (Å²) >= 11 is 1.54. The standard InChI is InChI=1S/C20H26N4O2S/c1-26-17-4-2-3-15(13-17)14-24-10-7-20(8-11-24,18(25)22-16-5-6-16)23-19-21-9-12-27-19/h2-4,9,12-13,16H,5-8,10-11,14H2,1H3,(H,21,23)(H,22,25). The lowest BCUT2D eigenvalue weighted by atomic mass is 9.86. The highest BCUT2D eigenvalue weighted by atomic mass is 32.1. The van der Waals surface area contributed by atoms with Crippen LogP contribution in [0.4, 0.5) is 5.13 Å². The van der Waals surface area contributed by atoms with Crippen LogP contribution in [0.5, 0.6) is 5.75 Å². The van der Waals surface area contributed by atoms with Crippen LogP contribution in [0, 0.1) is 0 Å². The molecule has 1 saturated carbocycles. The topological polar surface area (TPSA) is 66.5 Å². The number of hydrogen-bond acceptors (Lipinski definition) is 6. The largest absolute Gasteiger partial charge is 0.497 e. The summed E-state index contributed by atoms with van der Waals surface area (Å²) in [6.45, 7) is 2.61. The van der Waals surface area contributed by atoms with Crippen LogP contribution in [0.1, 0.15) is 31.2 Å². The number of rotatable bonds is 7. The van der Waals surface area contributed by atoms with E-state index in [1.807, 2.05) is 17.5 Å². The number of aromatic nitrogens is 1. The molecule has 2 fully saturated rings. The monoisotopic (exact) mass is 386 g/mol. The van der Waals surface area contributed by atoms with E-state index in [1.165, 1.54) is 5.56 Å². The van der Waals surface area contributed by atoms with Gasteiger partial charge in [0.1, 0.15) is 11.3 Å². The Labute approximate surface area is 163 Å². The number of benzene rings is 1. The molecule has 6 nitrogen and oxygen atoms in total. The molecule has 7 heteroatoms. The lowest BCUT2D eigenvalue weighted by Gasteiger charge is -2.41. The molecule has 1 aromatic carbocycles. The number of likely N-dealkylation sites (tertiary alicyclic amines) is 1. The minimum Gasteiger partial charge on any atom is -0.497 e. The SMILES string of the molecule is COc1cccc(CN2CCC(Nc3nccs3)(C(=O)NC3CC3)CC2)c1. The van der Waals surface area contributed by atoms with E-state index in [0.717, 1.165) is 56.2 Å². The van der Waals surface area contributed by atoms with Gasteiger partial charge in [-0.15, -0.1) is 11.3 Å². The Bertz CT molecular complexity index is 768. The summed E-state index contributed by atoms with van der Waals surface area (Å²) in [5, 5.41) is 9.41. The molecule has 0 unspecified atom stereocenters. The summed E-state index contributed by atoms with van der Waals surface area (Å²) in [5.41, 5.74) is 0.669. The molecule has 1 aromatic heterocycles. The van der Waals surface area contributed by atoms with E-state index in [2.05, 4.69) is 32.7 Å². The van der Waals surface area contributed by atoms with Gasteiger partial charge in [0.05, 0.1) is 7.11 Å². The molecule has 2 aliphatic rings. The molecule has 0 radical (unpaired) electrons. The Kier molecular flexibility index (Phi) is 5.31. The second-order valence-electron chi connectivity index (χ2n) is 7.42. The molecular formula is C20H26N4O2S. The third-order valence-electron chi connectivity index (χ3n) is 5.38. The molecule has 0 bridgehead atoms. The molecule has 4 rings (SSSR count).